The summed E-state index contributed by atoms with van der Waals surface area (Å²) < 4.78 is 47.9. The molecular weight excluding hydrogens is 456 g/mol. The van der Waals surface area contributed by atoms with E-state index >= 15 is 0 Å². The number of methoxy groups -OCH3 is 3. The Kier molecular flexibility index (Phi) is 7.68. The third kappa shape index (κ3) is 5.32. The highest BCUT2D eigenvalue weighted by Gasteiger charge is 2.28. The Labute approximate surface area is 190 Å². The molecule has 0 aliphatic carbocycles. The molecule has 2 aromatic carbocycles. The van der Waals surface area contributed by atoms with Crippen molar-refractivity contribution in [1.82, 2.24) is 4.31 Å². The van der Waals surface area contributed by atoms with Crippen LogP contribution in [-0.4, -0.2) is 71.5 Å². The van der Waals surface area contributed by atoms with Crippen LogP contribution in [0.4, 0.5) is 11.4 Å². The number of rotatable bonds is 9. The van der Waals surface area contributed by atoms with Crippen molar-refractivity contribution in [2.45, 2.75) is 4.90 Å². The van der Waals surface area contributed by atoms with Gasteiger partial charge in [-0.2, -0.15) is 9.41 Å². The Morgan fingerprint density at radius 1 is 1.09 bits per heavy atom. The average molecular weight is 480 g/mol. The first-order chi connectivity index (χ1) is 15.8. The van der Waals surface area contributed by atoms with Gasteiger partial charge in [0, 0.05) is 24.7 Å². The van der Waals surface area contributed by atoms with Gasteiger partial charge in [-0.1, -0.05) is 0 Å². The fourth-order valence-electron chi connectivity index (χ4n) is 3.21. The van der Waals surface area contributed by atoms with Gasteiger partial charge in [0.25, 0.3) is 5.69 Å². The van der Waals surface area contributed by atoms with Crippen LogP contribution in [0.2, 0.25) is 0 Å². The molecule has 0 spiro atoms. The van der Waals surface area contributed by atoms with Crippen molar-refractivity contribution in [1.29, 1.82) is 0 Å². The van der Waals surface area contributed by atoms with Gasteiger partial charge in [0.05, 0.1) is 50.6 Å². The van der Waals surface area contributed by atoms with Crippen molar-refractivity contribution in [3.8, 4) is 17.2 Å². The summed E-state index contributed by atoms with van der Waals surface area (Å²) in [6.07, 6.45) is 1.41. The largest absolute Gasteiger partial charge is 0.493 e. The second-order valence-corrected chi connectivity index (χ2v) is 8.72. The van der Waals surface area contributed by atoms with Crippen molar-refractivity contribution in [3.05, 3.63) is 46.0 Å². The number of sulfonamides is 1. The molecule has 1 saturated heterocycles. The third-order valence-electron chi connectivity index (χ3n) is 4.86. The maximum absolute atomic E-state index is 12.8. The topological polar surface area (TPSA) is 142 Å². The van der Waals surface area contributed by atoms with Crippen LogP contribution in [0, 0.1) is 10.1 Å². The first kappa shape index (κ1) is 24.2. The van der Waals surface area contributed by atoms with Crippen LogP contribution in [0.1, 0.15) is 5.56 Å². The molecule has 1 fully saturated rings. The first-order valence-corrected chi connectivity index (χ1v) is 11.2. The van der Waals surface area contributed by atoms with E-state index in [1.54, 1.807) is 12.1 Å². The summed E-state index contributed by atoms with van der Waals surface area (Å²) in [5, 5.41) is 15.6. The summed E-state index contributed by atoms with van der Waals surface area (Å²) in [6, 6.07) is 6.92. The van der Waals surface area contributed by atoms with Crippen LogP contribution < -0.4 is 19.6 Å². The normalized spacial score (nSPS) is 14.8. The Balaban J connectivity index is 1.86. The van der Waals surface area contributed by atoms with E-state index < -0.39 is 20.6 Å². The van der Waals surface area contributed by atoms with Gasteiger partial charge in [0.15, 0.2) is 11.5 Å². The lowest BCUT2D eigenvalue weighted by Gasteiger charge is -2.26. The Morgan fingerprint density at radius 3 is 2.27 bits per heavy atom. The second-order valence-electron chi connectivity index (χ2n) is 6.78. The second kappa shape index (κ2) is 10.5. The van der Waals surface area contributed by atoms with Gasteiger partial charge in [0.1, 0.15) is 5.69 Å². The Bertz CT molecular complexity index is 1120. The summed E-state index contributed by atoms with van der Waals surface area (Å²) in [5.74, 6) is 1.25. The number of nitrogens with zero attached hydrogens (tertiary/aromatic N) is 3. The summed E-state index contributed by atoms with van der Waals surface area (Å²) >= 11 is 0. The van der Waals surface area contributed by atoms with E-state index in [4.69, 9.17) is 18.9 Å². The molecule has 1 aliphatic rings. The van der Waals surface area contributed by atoms with Crippen molar-refractivity contribution < 1.29 is 32.3 Å². The van der Waals surface area contributed by atoms with Gasteiger partial charge >= 0.3 is 0 Å². The predicted molar refractivity (Wildman–Crippen MR) is 120 cm³/mol. The van der Waals surface area contributed by atoms with Gasteiger partial charge in [-0.05, 0) is 24.3 Å². The summed E-state index contributed by atoms with van der Waals surface area (Å²) in [6.45, 7) is 0.928. The molecule has 178 valence electrons. The number of nitro groups is 1. The number of hydrogen-bond donors (Lipinski definition) is 1. The van der Waals surface area contributed by atoms with E-state index in [-0.39, 0.29) is 36.9 Å². The molecule has 1 heterocycles. The lowest BCUT2D eigenvalue weighted by Crippen LogP contribution is -2.40. The highest BCUT2D eigenvalue weighted by molar-refractivity contribution is 7.89. The minimum absolute atomic E-state index is 0.0321. The zero-order valence-corrected chi connectivity index (χ0v) is 19.1. The highest BCUT2D eigenvalue weighted by atomic mass is 32.2. The zero-order valence-electron chi connectivity index (χ0n) is 18.3. The number of hydrazone groups is 1. The molecule has 0 aromatic heterocycles. The zero-order chi connectivity index (χ0) is 24.0. The SMILES string of the molecule is COc1cc(/C=N\Nc2ccc(S(=O)(=O)N3CCOCC3)cc2[N+](=O)[O-])cc(OC)c1OC. The molecule has 0 unspecified atom stereocenters. The molecule has 13 heteroatoms. The van der Waals surface area contributed by atoms with Gasteiger partial charge in [-0.3, -0.25) is 15.5 Å². The monoisotopic (exact) mass is 480 g/mol. The molecule has 0 radical (unpaired) electrons. The molecule has 12 nitrogen and oxygen atoms in total. The molecule has 1 aliphatic heterocycles. The smallest absolute Gasteiger partial charge is 0.295 e. The van der Waals surface area contributed by atoms with Crippen LogP contribution in [0.15, 0.2) is 40.3 Å². The minimum Gasteiger partial charge on any atom is -0.493 e. The molecule has 1 N–H and O–H groups in total. The number of ether oxygens (including phenoxy) is 4. The quantitative estimate of drug-likeness (QED) is 0.324. The van der Waals surface area contributed by atoms with Crippen LogP contribution in [0.3, 0.4) is 0 Å². The summed E-state index contributed by atoms with van der Waals surface area (Å²) in [4.78, 5) is 10.7. The molecule has 33 heavy (non-hydrogen) atoms. The fourth-order valence-corrected chi connectivity index (χ4v) is 4.63. The minimum atomic E-state index is -3.88. The van der Waals surface area contributed by atoms with E-state index in [1.165, 1.54) is 44.0 Å². The molecule has 3 rings (SSSR count). The summed E-state index contributed by atoms with van der Waals surface area (Å²) in [7, 11) is 0.564. The van der Waals surface area contributed by atoms with Crippen LogP contribution >= 0.6 is 0 Å². The molecule has 0 bridgehead atoms. The van der Waals surface area contributed by atoms with Crippen molar-refractivity contribution in [2.75, 3.05) is 53.1 Å². The van der Waals surface area contributed by atoms with E-state index in [1.807, 2.05) is 0 Å². The van der Waals surface area contributed by atoms with E-state index in [9.17, 15) is 18.5 Å². The van der Waals surface area contributed by atoms with Gasteiger partial charge in [-0.25, -0.2) is 8.42 Å². The Morgan fingerprint density at radius 2 is 1.73 bits per heavy atom. The molecule has 0 atom stereocenters. The lowest BCUT2D eigenvalue weighted by atomic mass is 10.2. The fraction of sp³-hybridized carbons (Fsp3) is 0.350. The Hall–Kier alpha value is -3.42. The van der Waals surface area contributed by atoms with E-state index in [2.05, 4.69) is 10.5 Å². The molecule has 0 amide bonds. The number of morpholine rings is 1. The molecule has 0 saturated carbocycles. The first-order valence-electron chi connectivity index (χ1n) is 9.77. The van der Waals surface area contributed by atoms with Crippen molar-refractivity contribution in [2.24, 2.45) is 5.10 Å². The van der Waals surface area contributed by atoms with Crippen LogP contribution in [0.5, 0.6) is 17.2 Å². The number of benzene rings is 2. The van der Waals surface area contributed by atoms with Crippen molar-refractivity contribution in [3.63, 3.8) is 0 Å². The highest BCUT2D eigenvalue weighted by Crippen LogP contribution is 2.37. The van der Waals surface area contributed by atoms with Gasteiger partial charge in [-0.15, -0.1) is 0 Å². The average Bonchev–Trinajstić information content (AvgIpc) is 2.83. The number of anilines is 1. The van der Waals surface area contributed by atoms with Crippen LogP contribution in [-0.2, 0) is 14.8 Å². The van der Waals surface area contributed by atoms with Crippen LogP contribution in [0.25, 0.3) is 0 Å². The van der Waals surface area contributed by atoms with Gasteiger partial charge < -0.3 is 18.9 Å². The van der Waals surface area contributed by atoms with Crippen molar-refractivity contribution >= 4 is 27.6 Å². The maximum Gasteiger partial charge on any atom is 0.295 e. The van der Waals surface area contributed by atoms with E-state index in [0.717, 1.165) is 6.07 Å². The standard InChI is InChI=1S/C20H24N4O8S/c1-29-18-10-14(11-19(30-2)20(18)31-3)13-21-22-16-5-4-15(12-17(16)24(25)26)33(27,28)23-6-8-32-9-7-23/h4-5,10-13,22H,6-9H2,1-3H3/b21-13-. The van der Waals surface area contributed by atoms with Gasteiger partial charge in [0.2, 0.25) is 15.8 Å². The maximum atomic E-state index is 12.8. The molecule has 2 aromatic rings. The predicted octanol–water partition coefficient (Wildman–Crippen LogP) is 2.09. The third-order valence-corrected chi connectivity index (χ3v) is 6.75. The molecular formula is C20H24N4O8S. The van der Waals surface area contributed by atoms with E-state index in [0.29, 0.717) is 22.8 Å². The summed E-state index contributed by atoms with van der Waals surface area (Å²) in [5.41, 5.74) is 2.77. The number of nitro benzene ring substituents is 1. The lowest BCUT2D eigenvalue weighted by molar-refractivity contribution is -0.384. The number of hydrogen-bond acceptors (Lipinski definition) is 10. The number of nitrogens with one attached hydrogen (secondary N) is 1.